The maximum absolute atomic E-state index is 11.0. The van der Waals surface area contributed by atoms with Crippen LogP contribution >= 0.6 is 11.8 Å². The van der Waals surface area contributed by atoms with Gasteiger partial charge in [0.1, 0.15) is 0 Å². The Morgan fingerprint density at radius 2 is 2.18 bits per heavy atom. The fraction of sp³-hybridized carbons (Fsp3) is 0.875. The lowest BCUT2D eigenvalue weighted by Crippen LogP contribution is -2.42. The molecule has 0 atom stereocenters. The highest BCUT2D eigenvalue weighted by molar-refractivity contribution is 8.00. The van der Waals surface area contributed by atoms with Crippen molar-refractivity contribution >= 4 is 17.7 Å². The van der Waals surface area contributed by atoms with E-state index >= 15 is 0 Å². The number of hydrogen-bond donors (Lipinski definition) is 0. The van der Waals surface area contributed by atoms with E-state index in [9.17, 15) is 4.79 Å². The normalized spacial score (nSPS) is 36.1. The first-order valence-electron chi connectivity index (χ1n) is 3.74. The summed E-state index contributed by atoms with van der Waals surface area (Å²) in [6.07, 6.45) is 4.04. The summed E-state index contributed by atoms with van der Waals surface area (Å²) < 4.78 is 4.98. The van der Waals surface area contributed by atoms with Gasteiger partial charge in [0.2, 0.25) is 0 Å². The maximum Gasteiger partial charge on any atom is 0.308 e. The molecule has 1 aliphatic carbocycles. The maximum atomic E-state index is 11.0. The minimum atomic E-state index is -0.0449. The lowest BCUT2D eigenvalue weighted by atomic mass is 9.75. The number of ether oxygens (including phenoxy) is 1. The minimum absolute atomic E-state index is 0.0449. The molecule has 0 aromatic heterocycles. The molecule has 1 saturated carbocycles. The van der Waals surface area contributed by atoms with Gasteiger partial charge >= 0.3 is 5.97 Å². The fourth-order valence-corrected chi connectivity index (χ4v) is 2.22. The highest BCUT2D eigenvalue weighted by atomic mass is 32.2. The van der Waals surface area contributed by atoms with Crippen LogP contribution in [0.2, 0.25) is 0 Å². The molecule has 0 bridgehead atoms. The second kappa shape index (κ2) is 3.05. The lowest BCUT2D eigenvalue weighted by molar-refractivity contribution is -0.149. The first-order chi connectivity index (χ1) is 5.11. The Morgan fingerprint density at radius 3 is 2.55 bits per heavy atom. The third kappa shape index (κ3) is 1.70. The van der Waals surface area contributed by atoms with Crippen LogP contribution in [0.3, 0.4) is 0 Å². The van der Waals surface area contributed by atoms with Crippen LogP contribution in [0.25, 0.3) is 0 Å². The molecular weight excluding hydrogens is 160 g/mol. The standard InChI is InChI=1S/C8H14O2S/c1-8(11-3)4-6(5-8)7(9)10-2/h6H,4-5H2,1-3H3. The van der Waals surface area contributed by atoms with Crippen LogP contribution in [0, 0.1) is 5.92 Å². The molecule has 1 fully saturated rings. The largest absolute Gasteiger partial charge is 0.469 e. The Kier molecular flexibility index (Phi) is 2.47. The van der Waals surface area contributed by atoms with Crippen LogP contribution in [0.15, 0.2) is 0 Å². The van der Waals surface area contributed by atoms with Crippen molar-refractivity contribution in [3.63, 3.8) is 0 Å². The van der Waals surface area contributed by atoms with Crippen molar-refractivity contribution in [2.45, 2.75) is 24.5 Å². The molecule has 0 aliphatic heterocycles. The third-order valence-electron chi connectivity index (χ3n) is 2.38. The molecule has 1 rings (SSSR count). The predicted octanol–water partition coefficient (Wildman–Crippen LogP) is 1.69. The zero-order chi connectivity index (χ0) is 8.48. The van der Waals surface area contributed by atoms with E-state index < -0.39 is 0 Å². The van der Waals surface area contributed by atoms with E-state index in [4.69, 9.17) is 0 Å². The Labute approximate surface area is 71.7 Å². The smallest absolute Gasteiger partial charge is 0.308 e. The van der Waals surface area contributed by atoms with Crippen molar-refractivity contribution in [3.05, 3.63) is 0 Å². The molecular formula is C8H14O2S. The van der Waals surface area contributed by atoms with Crippen LogP contribution in [0.1, 0.15) is 19.8 Å². The van der Waals surface area contributed by atoms with Gasteiger partial charge in [-0.15, -0.1) is 0 Å². The fourth-order valence-electron chi connectivity index (χ4n) is 1.48. The van der Waals surface area contributed by atoms with E-state index in [0.717, 1.165) is 12.8 Å². The zero-order valence-corrected chi connectivity index (χ0v) is 8.03. The van der Waals surface area contributed by atoms with Crippen molar-refractivity contribution in [3.8, 4) is 0 Å². The van der Waals surface area contributed by atoms with E-state index in [1.807, 2.05) is 11.8 Å². The van der Waals surface area contributed by atoms with Gasteiger partial charge in [0.25, 0.3) is 0 Å². The molecule has 0 spiro atoms. The number of carbonyl (C=O) groups is 1. The molecule has 0 aromatic rings. The second-order valence-electron chi connectivity index (χ2n) is 3.28. The van der Waals surface area contributed by atoms with Gasteiger partial charge in [-0.05, 0) is 19.1 Å². The molecule has 1 aliphatic rings. The lowest BCUT2D eigenvalue weighted by Gasteiger charge is -2.42. The van der Waals surface area contributed by atoms with Crippen LogP contribution in [0.5, 0.6) is 0 Å². The summed E-state index contributed by atoms with van der Waals surface area (Å²) in [7, 11) is 1.46. The number of methoxy groups -OCH3 is 1. The first kappa shape index (κ1) is 8.91. The van der Waals surface area contributed by atoms with Crippen LogP contribution in [-0.4, -0.2) is 24.1 Å². The van der Waals surface area contributed by atoms with Gasteiger partial charge in [-0.2, -0.15) is 11.8 Å². The van der Waals surface area contributed by atoms with Crippen molar-refractivity contribution < 1.29 is 9.53 Å². The van der Waals surface area contributed by atoms with Gasteiger partial charge < -0.3 is 4.74 Å². The van der Waals surface area contributed by atoms with E-state index in [-0.39, 0.29) is 11.9 Å². The van der Waals surface area contributed by atoms with E-state index in [1.165, 1.54) is 7.11 Å². The molecule has 2 nitrogen and oxygen atoms in total. The average Bonchev–Trinajstić information content (AvgIpc) is 1.97. The summed E-state index contributed by atoms with van der Waals surface area (Å²) in [4.78, 5) is 11.0. The SMILES string of the molecule is COC(=O)C1CC(C)(SC)C1. The van der Waals surface area contributed by atoms with E-state index in [1.54, 1.807) is 0 Å². The van der Waals surface area contributed by atoms with Gasteiger partial charge in [0.15, 0.2) is 0 Å². The van der Waals surface area contributed by atoms with Crippen molar-refractivity contribution in [1.82, 2.24) is 0 Å². The number of rotatable bonds is 2. The molecule has 0 radical (unpaired) electrons. The van der Waals surface area contributed by atoms with Crippen LogP contribution in [0.4, 0.5) is 0 Å². The first-order valence-corrected chi connectivity index (χ1v) is 4.97. The Bertz CT molecular complexity index is 161. The predicted molar refractivity (Wildman–Crippen MR) is 46.7 cm³/mol. The Morgan fingerprint density at radius 1 is 1.64 bits per heavy atom. The molecule has 0 amide bonds. The monoisotopic (exact) mass is 174 g/mol. The number of thioether (sulfide) groups is 1. The Hall–Kier alpha value is -0.180. The van der Waals surface area contributed by atoms with Gasteiger partial charge in [0.05, 0.1) is 13.0 Å². The van der Waals surface area contributed by atoms with Crippen molar-refractivity contribution in [2.75, 3.05) is 13.4 Å². The van der Waals surface area contributed by atoms with Crippen molar-refractivity contribution in [1.29, 1.82) is 0 Å². The van der Waals surface area contributed by atoms with E-state index in [0.29, 0.717) is 4.75 Å². The summed E-state index contributed by atoms with van der Waals surface area (Å²) in [5.41, 5.74) is 0. The average molecular weight is 174 g/mol. The third-order valence-corrected chi connectivity index (χ3v) is 3.70. The Balaban J connectivity index is 2.34. The molecule has 0 N–H and O–H groups in total. The van der Waals surface area contributed by atoms with E-state index in [2.05, 4.69) is 17.9 Å². The topological polar surface area (TPSA) is 26.3 Å². The molecule has 0 aromatic carbocycles. The summed E-state index contributed by atoms with van der Waals surface area (Å²) in [6, 6.07) is 0. The van der Waals surface area contributed by atoms with Gasteiger partial charge in [0, 0.05) is 4.75 Å². The quantitative estimate of drug-likeness (QED) is 0.596. The van der Waals surface area contributed by atoms with Gasteiger partial charge in [-0.25, -0.2) is 0 Å². The number of carbonyl (C=O) groups excluding carboxylic acids is 1. The van der Waals surface area contributed by atoms with Crippen molar-refractivity contribution in [2.24, 2.45) is 5.92 Å². The molecule has 0 heterocycles. The second-order valence-corrected chi connectivity index (χ2v) is 4.68. The van der Waals surface area contributed by atoms with Crippen LogP contribution in [-0.2, 0) is 9.53 Å². The highest BCUT2D eigenvalue weighted by Crippen LogP contribution is 2.46. The summed E-state index contributed by atoms with van der Waals surface area (Å²) in [6.45, 7) is 2.19. The summed E-state index contributed by atoms with van der Waals surface area (Å²) in [5, 5.41) is 0. The summed E-state index contributed by atoms with van der Waals surface area (Å²) in [5.74, 6) is 0.119. The molecule has 3 heteroatoms. The molecule has 11 heavy (non-hydrogen) atoms. The van der Waals surface area contributed by atoms with Gasteiger partial charge in [-0.1, -0.05) is 6.92 Å². The molecule has 64 valence electrons. The summed E-state index contributed by atoms with van der Waals surface area (Å²) >= 11 is 1.84. The minimum Gasteiger partial charge on any atom is -0.469 e. The highest BCUT2D eigenvalue weighted by Gasteiger charge is 2.43. The molecule has 0 saturated heterocycles. The zero-order valence-electron chi connectivity index (χ0n) is 7.22. The molecule has 0 unspecified atom stereocenters. The number of esters is 1. The van der Waals surface area contributed by atoms with Crippen LogP contribution < -0.4 is 0 Å². The van der Waals surface area contributed by atoms with Gasteiger partial charge in [-0.3, -0.25) is 4.79 Å². The number of hydrogen-bond acceptors (Lipinski definition) is 3.